The summed E-state index contributed by atoms with van der Waals surface area (Å²) in [6.45, 7) is 0.228. The second-order valence-electron chi connectivity index (χ2n) is 2.94. The first-order valence-corrected chi connectivity index (χ1v) is 4.27. The van der Waals surface area contributed by atoms with Crippen LogP contribution in [0.4, 0.5) is 8.78 Å². The van der Waals surface area contributed by atoms with Crippen molar-refractivity contribution in [3.63, 3.8) is 0 Å². The van der Waals surface area contributed by atoms with Crippen LogP contribution in [0, 0.1) is 11.6 Å². The smallest absolute Gasteiger partial charge is 0.160 e. The summed E-state index contributed by atoms with van der Waals surface area (Å²) >= 11 is 0. The summed E-state index contributed by atoms with van der Waals surface area (Å²) in [5, 5.41) is 7.36. The van der Waals surface area contributed by atoms with Crippen molar-refractivity contribution in [3.8, 4) is 5.69 Å². The Morgan fingerprint density at radius 1 is 1.27 bits per heavy atom. The lowest BCUT2D eigenvalue weighted by Gasteiger charge is -2.04. The van der Waals surface area contributed by atoms with E-state index in [2.05, 4.69) is 10.3 Å². The maximum atomic E-state index is 12.9. The number of halogens is 2. The summed E-state index contributed by atoms with van der Waals surface area (Å²) in [5.74, 6) is -1.82. The van der Waals surface area contributed by atoms with E-state index in [-0.39, 0.29) is 6.54 Å². The minimum atomic E-state index is -0.925. The summed E-state index contributed by atoms with van der Waals surface area (Å²) in [6, 6.07) is 3.49. The van der Waals surface area contributed by atoms with Crippen molar-refractivity contribution in [2.75, 3.05) is 0 Å². The molecule has 1 aromatic heterocycles. The Kier molecular flexibility index (Phi) is 2.42. The van der Waals surface area contributed by atoms with Crippen LogP contribution in [-0.2, 0) is 6.54 Å². The topological polar surface area (TPSA) is 56.7 Å². The molecule has 0 saturated heterocycles. The molecule has 0 saturated carbocycles. The van der Waals surface area contributed by atoms with Gasteiger partial charge in [-0.3, -0.25) is 0 Å². The number of nitrogens with zero attached hydrogens (tertiary/aromatic N) is 3. The molecule has 0 aliphatic heterocycles. The Balaban J connectivity index is 2.50. The molecule has 0 unspecified atom stereocenters. The number of hydrogen-bond acceptors (Lipinski definition) is 3. The molecule has 0 radical (unpaired) electrons. The first-order chi connectivity index (χ1) is 7.22. The van der Waals surface area contributed by atoms with Crippen LogP contribution in [0.2, 0.25) is 0 Å². The predicted octanol–water partition coefficient (Wildman–Crippen LogP) is 1.00. The van der Waals surface area contributed by atoms with E-state index in [9.17, 15) is 8.78 Å². The highest BCUT2D eigenvalue weighted by Crippen LogP contribution is 2.13. The van der Waals surface area contributed by atoms with Gasteiger partial charge in [-0.2, -0.15) is 0 Å². The molecule has 2 N–H and O–H groups in total. The Bertz CT molecular complexity index is 481. The number of benzene rings is 1. The number of nitrogens with two attached hydrogens (primary N) is 1. The monoisotopic (exact) mass is 210 g/mol. The quantitative estimate of drug-likeness (QED) is 0.804. The molecule has 1 aromatic carbocycles. The highest BCUT2D eigenvalue weighted by Gasteiger charge is 2.07. The van der Waals surface area contributed by atoms with Crippen LogP contribution in [0.25, 0.3) is 5.69 Å². The number of aromatic nitrogens is 3. The lowest BCUT2D eigenvalue weighted by molar-refractivity contribution is 0.507. The van der Waals surface area contributed by atoms with E-state index >= 15 is 0 Å². The Morgan fingerprint density at radius 3 is 2.73 bits per heavy atom. The maximum Gasteiger partial charge on any atom is 0.160 e. The third kappa shape index (κ3) is 1.71. The summed E-state index contributed by atoms with van der Waals surface area (Å²) < 4.78 is 27.0. The molecule has 0 bridgehead atoms. The van der Waals surface area contributed by atoms with Gasteiger partial charge in [0.15, 0.2) is 11.6 Å². The molecule has 2 aromatic rings. The Hall–Kier alpha value is -1.82. The van der Waals surface area contributed by atoms with Crippen molar-refractivity contribution < 1.29 is 8.78 Å². The summed E-state index contributed by atoms with van der Waals surface area (Å²) in [5.41, 5.74) is 6.45. The van der Waals surface area contributed by atoms with Gasteiger partial charge in [-0.05, 0) is 12.1 Å². The van der Waals surface area contributed by atoms with Crippen LogP contribution in [0.3, 0.4) is 0 Å². The fraction of sp³-hybridized carbons (Fsp3) is 0.111. The third-order valence-corrected chi connectivity index (χ3v) is 1.98. The zero-order valence-electron chi connectivity index (χ0n) is 7.69. The summed E-state index contributed by atoms with van der Waals surface area (Å²) in [6.07, 6.45) is 1.47. The molecule has 15 heavy (non-hydrogen) atoms. The molecule has 1 heterocycles. The van der Waals surface area contributed by atoms with Crippen LogP contribution in [-0.4, -0.2) is 15.0 Å². The second kappa shape index (κ2) is 3.74. The lowest BCUT2D eigenvalue weighted by atomic mass is 10.3. The van der Waals surface area contributed by atoms with Gasteiger partial charge in [-0.1, -0.05) is 5.21 Å². The molecule has 0 aliphatic carbocycles. The van der Waals surface area contributed by atoms with Crippen molar-refractivity contribution >= 4 is 0 Å². The van der Waals surface area contributed by atoms with Crippen molar-refractivity contribution in [2.45, 2.75) is 6.54 Å². The van der Waals surface area contributed by atoms with E-state index in [1.807, 2.05) is 0 Å². The second-order valence-corrected chi connectivity index (χ2v) is 2.94. The molecule has 0 spiro atoms. The van der Waals surface area contributed by atoms with Gasteiger partial charge in [0.05, 0.1) is 17.6 Å². The van der Waals surface area contributed by atoms with E-state index in [0.29, 0.717) is 11.4 Å². The van der Waals surface area contributed by atoms with Gasteiger partial charge in [0.2, 0.25) is 0 Å². The Morgan fingerprint density at radius 2 is 2.07 bits per heavy atom. The fourth-order valence-electron chi connectivity index (χ4n) is 1.23. The SMILES string of the molecule is NCc1cnnn1-c1ccc(F)c(F)c1. The minimum Gasteiger partial charge on any atom is -0.325 e. The van der Waals surface area contributed by atoms with E-state index in [1.54, 1.807) is 0 Å². The zero-order valence-corrected chi connectivity index (χ0v) is 7.69. The van der Waals surface area contributed by atoms with E-state index in [1.165, 1.54) is 16.9 Å². The highest BCUT2D eigenvalue weighted by atomic mass is 19.2. The molecule has 6 heteroatoms. The van der Waals surface area contributed by atoms with E-state index < -0.39 is 11.6 Å². The molecule has 0 aliphatic rings. The predicted molar refractivity (Wildman–Crippen MR) is 49.2 cm³/mol. The van der Waals surface area contributed by atoms with E-state index in [0.717, 1.165) is 12.1 Å². The van der Waals surface area contributed by atoms with Gasteiger partial charge < -0.3 is 5.73 Å². The number of rotatable bonds is 2. The van der Waals surface area contributed by atoms with Crippen molar-refractivity contribution in [1.82, 2.24) is 15.0 Å². The average Bonchev–Trinajstić information content (AvgIpc) is 2.70. The molecule has 0 amide bonds. The fourth-order valence-corrected chi connectivity index (χ4v) is 1.23. The molecule has 0 fully saturated rings. The maximum absolute atomic E-state index is 12.9. The molecule has 0 atom stereocenters. The van der Waals surface area contributed by atoms with Gasteiger partial charge in [-0.15, -0.1) is 5.10 Å². The summed E-state index contributed by atoms with van der Waals surface area (Å²) in [7, 11) is 0. The molecule has 78 valence electrons. The van der Waals surface area contributed by atoms with Crippen molar-refractivity contribution in [3.05, 3.63) is 41.7 Å². The molecular formula is C9H8F2N4. The van der Waals surface area contributed by atoms with Gasteiger partial charge in [0, 0.05) is 12.6 Å². The van der Waals surface area contributed by atoms with Crippen molar-refractivity contribution in [2.24, 2.45) is 5.73 Å². The first kappa shape index (κ1) is 9.72. The molecule has 4 nitrogen and oxygen atoms in total. The molecule has 2 rings (SSSR count). The number of hydrogen-bond donors (Lipinski definition) is 1. The Labute approximate surface area is 84.3 Å². The van der Waals surface area contributed by atoms with Crippen molar-refractivity contribution in [1.29, 1.82) is 0 Å². The lowest BCUT2D eigenvalue weighted by Crippen LogP contribution is -2.07. The normalized spacial score (nSPS) is 10.6. The largest absolute Gasteiger partial charge is 0.325 e. The van der Waals surface area contributed by atoms with Gasteiger partial charge in [0.25, 0.3) is 0 Å². The first-order valence-electron chi connectivity index (χ1n) is 4.27. The van der Waals surface area contributed by atoms with Crippen LogP contribution < -0.4 is 5.73 Å². The standard InChI is InChI=1S/C9H8F2N4/c10-8-2-1-6(3-9(8)11)15-7(4-12)5-13-14-15/h1-3,5H,4,12H2. The van der Waals surface area contributed by atoms with Gasteiger partial charge in [0.1, 0.15) is 0 Å². The van der Waals surface area contributed by atoms with Crippen LogP contribution in [0.1, 0.15) is 5.69 Å². The zero-order chi connectivity index (χ0) is 10.8. The highest BCUT2D eigenvalue weighted by molar-refractivity contribution is 5.32. The van der Waals surface area contributed by atoms with Gasteiger partial charge in [-0.25, -0.2) is 13.5 Å². The van der Waals surface area contributed by atoms with E-state index in [4.69, 9.17) is 5.73 Å². The van der Waals surface area contributed by atoms with Gasteiger partial charge >= 0.3 is 0 Å². The molecular weight excluding hydrogens is 202 g/mol. The van der Waals surface area contributed by atoms with Crippen LogP contribution in [0.15, 0.2) is 24.4 Å². The third-order valence-electron chi connectivity index (χ3n) is 1.98. The average molecular weight is 210 g/mol. The van der Waals surface area contributed by atoms with Crippen LogP contribution >= 0.6 is 0 Å². The minimum absolute atomic E-state index is 0.228. The summed E-state index contributed by atoms with van der Waals surface area (Å²) in [4.78, 5) is 0. The van der Waals surface area contributed by atoms with Crippen LogP contribution in [0.5, 0.6) is 0 Å².